The first kappa shape index (κ1) is 12.9. The van der Waals surface area contributed by atoms with E-state index in [4.69, 9.17) is 16.2 Å². The number of rotatable bonds is 3. The third kappa shape index (κ3) is 2.82. The van der Waals surface area contributed by atoms with E-state index in [1.54, 1.807) is 6.20 Å². The second-order valence-electron chi connectivity index (χ2n) is 4.31. The van der Waals surface area contributed by atoms with E-state index in [9.17, 15) is 5.11 Å². The summed E-state index contributed by atoms with van der Waals surface area (Å²) in [5, 5.41) is 9.44. The maximum absolute atomic E-state index is 9.44. The molecule has 0 fully saturated rings. The fraction of sp³-hybridized carbons (Fsp3) is 0.250. The van der Waals surface area contributed by atoms with Gasteiger partial charge in [-0.1, -0.05) is 13.8 Å². The highest BCUT2D eigenvalue weighted by atomic mass is 16.5. The number of nitrogens with two attached hydrogens (primary N) is 2. The summed E-state index contributed by atoms with van der Waals surface area (Å²) in [6, 6.07) is 1.42. The van der Waals surface area contributed by atoms with Crippen molar-refractivity contribution < 1.29 is 9.84 Å². The number of aromatic hydroxyl groups is 1. The van der Waals surface area contributed by atoms with Crippen LogP contribution in [-0.2, 0) is 0 Å². The molecule has 0 spiro atoms. The predicted molar refractivity (Wildman–Crippen MR) is 70.9 cm³/mol. The summed E-state index contributed by atoms with van der Waals surface area (Å²) in [5.41, 5.74) is 12.0. The standard InChI is InChI=1S/C12H15N5O2/c1-6(2)7-4-15-10(18)3-8(7)19-9-5-16-12(14)17-11(9)13/h3-6H,1-2H3,(H,15,18)(H4,13,14,16,17). The molecule has 7 nitrogen and oxygen atoms in total. The molecule has 0 saturated carbocycles. The first-order valence-electron chi connectivity index (χ1n) is 5.72. The Morgan fingerprint density at radius 3 is 2.53 bits per heavy atom. The molecule has 5 N–H and O–H groups in total. The number of ether oxygens (including phenoxy) is 1. The van der Waals surface area contributed by atoms with Gasteiger partial charge in [0.25, 0.3) is 0 Å². The van der Waals surface area contributed by atoms with Crippen LogP contribution < -0.4 is 16.2 Å². The molecule has 0 aliphatic carbocycles. The Labute approximate surface area is 110 Å². The molecule has 2 rings (SSSR count). The van der Waals surface area contributed by atoms with Gasteiger partial charge in [0, 0.05) is 17.8 Å². The molecule has 100 valence electrons. The Balaban J connectivity index is 2.39. The maximum atomic E-state index is 9.44. The van der Waals surface area contributed by atoms with Crippen molar-refractivity contribution in [3.05, 3.63) is 24.0 Å². The summed E-state index contributed by atoms with van der Waals surface area (Å²) in [5.74, 6) is 1.00. The number of aromatic nitrogens is 3. The van der Waals surface area contributed by atoms with Crippen molar-refractivity contribution in [1.29, 1.82) is 0 Å². The van der Waals surface area contributed by atoms with Gasteiger partial charge in [-0.25, -0.2) is 9.97 Å². The van der Waals surface area contributed by atoms with Crippen LogP contribution in [0.25, 0.3) is 0 Å². The van der Waals surface area contributed by atoms with Gasteiger partial charge >= 0.3 is 0 Å². The highest BCUT2D eigenvalue weighted by Crippen LogP contribution is 2.33. The van der Waals surface area contributed by atoms with Crippen molar-refractivity contribution in [2.75, 3.05) is 11.5 Å². The zero-order valence-corrected chi connectivity index (χ0v) is 10.7. The van der Waals surface area contributed by atoms with E-state index in [1.165, 1.54) is 12.3 Å². The van der Waals surface area contributed by atoms with E-state index in [2.05, 4.69) is 15.0 Å². The molecule has 0 radical (unpaired) electrons. The molecule has 0 aromatic carbocycles. The number of hydrogen-bond acceptors (Lipinski definition) is 7. The van der Waals surface area contributed by atoms with Crippen molar-refractivity contribution in [3.63, 3.8) is 0 Å². The van der Waals surface area contributed by atoms with Crippen molar-refractivity contribution in [1.82, 2.24) is 15.0 Å². The van der Waals surface area contributed by atoms with Crippen LogP contribution in [-0.4, -0.2) is 20.1 Å². The third-order valence-corrected chi connectivity index (χ3v) is 2.52. The topological polar surface area (TPSA) is 120 Å². The minimum absolute atomic E-state index is 0.0755. The highest BCUT2D eigenvalue weighted by molar-refractivity contribution is 5.50. The average molecular weight is 261 g/mol. The lowest BCUT2D eigenvalue weighted by molar-refractivity contribution is 0.433. The van der Waals surface area contributed by atoms with Gasteiger partial charge in [-0.3, -0.25) is 0 Å². The molecular weight excluding hydrogens is 246 g/mol. The van der Waals surface area contributed by atoms with Gasteiger partial charge in [-0.05, 0) is 5.92 Å². The zero-order valence-electron chi connectivity index (χ0n) is 10.7. The monoisotopic (exact) mass is 261 g/mol. The predicted octanol–water partition coefficient (Wildman–Crippen LogP) is 1.66. The maximum Gasteiger partial charge on any atom is 0.222 e. The number of pyridine rings is 1. The molecule has 19 heavy (non-hydrogen) atoms. The normalized spacial score (nSPS) is 10.7. The minimum atomic E-state index is -0.130. The van der Waals surface area contributed by atoms with Crippen molar-refractivity contribution in [3.8, 4) is 17.4 Å². The molecule has 0 aliphatic heterocycles. The highest BCUT2D eigenvalue weighted by Gasteiger charge is 2.13. The molecular formula is C12H15N5O2. The Kier molecular flexibility index (Phi) is 3.37. The Hall–Kier alpha value is -2.57. The van der Waals surface area contributed by atoms with Gasteiger partial charge in [0.1, 0.15) is 5.75 Å². The van der Waals surface area contributed by atoms with E-state index < -0.39 is 0 Å². The summed E-state index contributed by atoms with van der Waals surface area (Å²) < 4.78 is 5.63. The van der Waals surface area contributed by atoms with Gasteiger partial charge < -0.3 is 21.3 Å². The number of nitrogens with zero attached hydrogens (tertiary/aromatic N) is 3. The Morgan fingerprint density at radius 2 is 1.89 bits per heavy atom. The molecule has 0 unspecified atom stereocenters. The fourth-order valence-corrected chi connectivity index (χ4v) is 1.55. The molecule has 2 aromatic rings. The van der Waals surface area contributed by atoms with Crippen LogP contribution in [0, 0.1) is 0 Å². The lowest BCUT2D eigenvalue weighted by atomic mass is 10.1. The molecule has 2 heterocycles. The number of anilines is 2. The van der Waals surface area contributed by atoms with Crippen LogP contribution in [0.15, 0.2) is 18.5 Å². The van der Waals surface area contributed by atoms with Gasteiger partial charge in [0.15, 0.2) is 11.6 Å². The van der Waals surface area contributed by atoms with Crippen LogP contribution in [0.2, 0.25) is 0 Å². The molecule has 2 aromatic heterocycles. The first-order chi connectivity index (χ1) is 8.97. The molecule has 0 bridgehead atoms. The quantitative estimate of drug-likeness (QED) is 0.768. The summed E-state index contributed by atoms with van der Waals surface area (Å²) >= 11 is 0. The zero-order chi connectivity index (χ0) is 14.0. The van der Waals surface area contributed by atoms with Gasteiger partial charge in [-0.2, -0.15) is 4.98 Å². The second-order valence-corrected chi connectivity index (χ2v) is 4.31. The van der Waals surface area contributed by atoms with Gasteiger partial charge in [-0.15, -0.1) is 0 Å². The van der Waals surface area contributed by atoms with E-state index >= 15 is 0 Å². The molecule has 0 saturated heterocycles. The summed E-state index contributed by atoms with van der Waals surface area (Å²) in [6.07, 6.45) is 2.95. The smallest absolute Gasteiger partial charge is 0.222 e. The molecule has 0 aliphatic rings. The van der Waals surface area contributed by atoms with Crippen LogP contribution in [0.4, 0.5) is 11.8 Å². The summed E-state index contributed by atoms with van der Waals surface area (Å²) in [6.45, 7) is 3.98. The second kappa shape index (κ2) is 4.97. The number of hydrogen-bond donors (Lipinski definition) is 3. The van der Waals surface area contributed by atoms with Gasteiger partial charge in [0.05, 0.1) is 6.20 Å². The van der Waals surface area contributed by atoms with E-state index in [-0.39, 0.29) is 29.3 Å². The first-order valence-corrected chi connectivity index (χ1v) is 5.72. The van der Waals surface area contributed by atoms with E-state index in [0.717, 1.165) is 5.56 Å². The van der Waals surface area contributed by atoms with Crippen molar-refractivity contribution >= 4 is 11.8 Å². The molecule has 0 amide bonds. The van der Waals surface area contributed by atoms with Crippen LogP contribution in [0.3, 0.4) is 0 Å². The lowest BCUT2D eigenvalue weighted by Gasteiger charge is -2.14. The Bertz CT molecular complexity index is 601. The van der Waals surface area contributed by atoms with Crippen molar-refractivity contribution in [2.45, 2.75) is 19.8 Å². The largest absolute Gasteiger partial charge is 0.493 e. The number of nitrogen functional groups attached to an aromatic ring is 2. The molecule has 7 heteroatoms. The average Bonchev–Trinajstić information content (AvgIpc) is 2.32. The fourth-order valence-electron chi connectivity index (χ4n) is 1.55. The van der Waals surface area contributed by atoms with Crippen LogP contribution in [0.1, 0.15) is 25.3 Å². The summed E-state index contributed by atoms with van der Waals surface area (Å²) in [7, 11) is 0. The molecule has 0 atom stereocenters. The third-order valence-electron chi connectivity index (χ3n) is 2.52. The van der Waals surface area contributed by atoms with E-state index in [1.807, 2.05) is 13.8 Å². The SMILES string of the molecule is CC(C)c1cnc(O)cc1Oc1cnc(N)nc1N. The minimum Gasteiger partial charge on any atom is -0.493 e. The summed E-state index contributed by atoms with van der Waals surface area (Å²) in [4.78, 5) is 11.5. The lowest BCUT2D eigenvalue weighted by Crippen LogP contribution is -2.02. The van der Waals surface area contributed by atoms with Gasteiger partial charge in [0.2, 0.25) is 11.8 Å². The van der Waals surface area contributed by atoms with Crippen molar-refractivity contribution in [2.24, 2.45) is 0 Å². The Morgan fingerprint density at radius 1 is 1.16 bits per heavy atom. The van der Waals surface area contributed by atoms with E-state index in [0.29, 0.717) is 5.75 Å². The van der Waals surface area contributed by atoms with Crippen LogP contribution >= 0.6 is 0 Å². The van der Waals surface area contributed by atoms with Crippen LogP contribution in [0.5, 0.6) is 17.4 Å².